The maximum absolute atomic E-state index is 11.5. The van der Waals surface area contributed by atoms with Crippen LogP contribution in [-0.2, 0) is 4.79 Å². The molecule has 1 fully saturated rings. The summed E-state index contributed by atoms with van der Waals surface area (Å²) < 4.78 is 0. The quantitative estimate of drug-likeness (QED) is 0.449. The number of carbonyl (C=O) groups is 2. The van der Waals surface area contributed by atoms with E-state index in [9.17, 15) is 19.7 Å². The molecule has 0 radical (unpaired) electrons. The van der Waals surface area contributed by atoms with Crippen LogP contribution in [0.15, 0.2) is 18.2 Å². The van der Waals surface area contributed by atoms with Crippen LogP contribution in [0.25, 0.3) is 0 Å². The number of nitro groups is 1. The minimum atomic E-state index is -0.996. The molecule has 1 aromatic rings. The lowest BCUT2D eigenvalue weighted by Gasteiger charge is -2.10. The number of benzene rings is 1. The lowest BCUT2D eigenvalue weighted by Crippen LogP contribution is -2.22. The van der Waals surface area contributed by atoms with Crippen molar-refractivity contribution in [2.24, 2.45) is 0 Å². The summed E-state index contributed by atoms with van der Waals surface area (Å²) in [4.78, 5) is 32.8. The van der Waals surface area contributed by atoms with Crippen molar-refractivity contribution in [1.29, 1.82) is 0 Å². The molecule has 1 heterocycles. The zero-order chi connectivity index (χ0) is 12.6. The summed E-state index contributed by atoms with van der Waals surface area (Å²) in [6.45, 7) is 1.65. The Bertz CT molecular complexity index is 526. The van der Waals surface area contributed by atoms with E-state index in [1.54, 1.807) is 13.0 Å². The highest BCUT2D eigenvalue weighted by Gasteiger charge is 2.36. The van der Waals surface area contributed by atoms with Gasteiger partial charge in [0.15, 0.2) is 0 Å². The third kappa shape index (κ3) is 1.82. The van der Waals surface area contributed by atoms with Crippen LogP contribution in [0.5, 0.6) is 0 Å². The van der Waals surface area contributed by atoms with Gasteiger partial charge in [-0.2, -0.15) is 0 Å². The first kappa shape index (κ1) is 11.1. The predicted molar refractivity (Wildman–Crippen MR) is 57.2 cm³/mol. The van der Waals surface area contributed by atoms with Crippen molar-refractivity contribution in [3.63, 3.8) is 0 Å². The summed E-state index contributed by atoms with van der Waals surface area (Å²) in [5, 5.41) is 15.3. The molecule has 0 aromatic heterocycles. The molecule has 17 heavy (non-hydrogen) atoms. The van der Waals surface area contributed by atoms with Gasteiger partial charge >= 0.3 is 6.03 Å². The molecule has 1 unspecified atom stereocenters. The molecule has 0 bridgehead atoms. The molecular weight excluding hydrogens is 226 g/mol. The molecule has 2 N–H and O–H groups in total. The fourth-order valence-electron chi connectivity index (χ4n) is 1.82. The van der Waals surface area contributed by atoms with Gasteiger partial charge in [-0.15, -0.1) is 0 Å². The van der Waals surface area contributed by atoms with Gasteiger partial charge in [0.2, 0.25) is 0 Å². The second-order valence-electron chi connectivity index (χ2n) is 3.66. The van der Waals surface area contributed by atoms with Gasteiger partial charge in [-0.25, -0.2) is 4.79 Å². The number of aryl methyl sites for hydroxylation is 1. The predicted octanol–water partition coefficient (Wildman–Crippen LogP) is 0.784. The fraction of sp³-hybridized carbons (Fsp3) is 0.200. The molecule has 88 valence electrons. The Hall–Kier alpha value is -2.44. The van der Waals surface area contributed by atoms with Crippen molar-refractivity contribution in [3.8, 4) is 0 Å². The molecule has 7 nitrogen and oxygen atoms in total. The molecule has 1 saturated heterocycles. The van der Waals surface area contributed by atoms with E-state index in [1.165, 1.54) is 12.1 Å². The number of nitro benzene ring substituents is 1. The van der Waals surface area contributed by atoms with Crippen molar-refractivity contribution in [2.75, 3.05) is 0 Å². The number of nitrogens with one attached hydrogen (secondary N) is 2. The van der Waals surface area contributed by atoms with Crippen molar-refractivity contribution >= 4 is 17.6 Å². The van der Waals surface area contributed by atoms with E-state index in [4.69, 9.17) is 0 Å². The molecule has 1 atom stereocenters. The number of carbonyl (C=O) groups excluding carboxylic acids is 2. The maximum Gasteiger partial charge on any atom is 0.322 e. The Kier molecular flexibility index (Phi) is 2.51. The lowest BCUT2D eigenvalue weighted by molar-refractivity contribution is -0.385. The highest BCUT2D eigenvalue weighted by molar-refractivity contribution is 6.05. The van der Waals surface area contributed by atoms with Crippen molar-refractivity contribution in [2.45, 2.75) is 13.0 Å². The Morgan fingerprint density at radius 2 is 2.06 bits per heavy atom. The zero-order valence-electron chi connectivity index (χ0n) is 8.89. The minimum Gasteiger partial charge on any atom is -0.322 e. The monoisotopic (exact) mass is 235 g/mol. The van der Waals surface area contributed by atoms with Crippen LogP contribution in [0.1, 0.15) is 17.2 Å². The first-order valence-electron chi connectivity index (χ1n) is 4.86. The van der Waals surface area contributed by atoms with Crippen molar-refractivity contribution in [1.82, 2.24) is 10.6 Å². The first-order valence-corrected chi connectivity index (χ1v) is 4.86. The number of hydrogen-bond acceptors (Lipinski definition) is 4. The number of hydrogen-bond donors (Lipinski definition) is 2. The Morgan fingerprint density at radius 3 is 2.59 bits per heavy atom. The van der Waals surface area contributed by atoms with Crippen molar-refractivity contribution in [3.05, 3.63) is 39.4 Å². The second kappa shape index (κ2) is 3.85. The molecule has 1 aliphatic rings. The van der Waals surface area contributed by atoms with Crippen LogP contribution in [0.4, 0.5) is 10.5 Å². The maximum atomic E-state index is 11.5. The van der Waals surface area contributed by atoms with E-state index in [0.717, 1.165) is 0 Å². The standard InChI is InChI=1S/C10H9N3O4/c1-5-3-2-4-6(13(16)17)7(5)8-9(14)12-10(15)11-8/h2-4,8H,1H3,(H2,11,12,14,15). The van der Waals surface area contributed by atoms with Crippen molar-refractivity contribution < 1.29 is 14.5 Å². The highest BCUT2D eigenvalue weighted by Crippen LogP contribution is 2.29. The number of rotatable bonds is 2. The summed E-state index contributed by atoms with van der Waals surface area (Å²) in [7, 11) is 0. The van der Waals surface area contributed by atoms with Gasteiger partial charge in [0.1, 0.15) is 6.04 Å². The van der Waals surface area contributed by atoms with Gasteiger partial charge in [-0.3, -0.25) is 20.2 Å². The lowest BCUT2D eigenvalue weighted by atomic mass is 9.99. The van der Waals surface area contributed by atoms with Gasteiger partial charge in [0, 0.05) is 6.07 Å². The molecule has 0 saturated carbocycles. The normalized spacial score (nSPS) is 18.8. The van der Waals surface area contributed by atoms with Crippen LogP contribution in [0.2, 0.25) is 0 Å². The molecule has 0 aliphatic carbocycles. The van der Waals surface area contributed by atoms with Gasteiger partial charge in [-0.05, 0) is 12.5 Å². The van der Waals surface area contributed by atoms with E-state index < -0.39 is 22.9 Å². The fourth-order valence-corrected chi connectivity index (χ4v) is 1.82. The molecule has 0 spiro atoms. The Balaban J connectivity index is 2.54. The number of amides is 3. The topological polar surface area (TPSA) is 101 Å². The summed E-state index contributed by atoms with van der Waals surface area (Å²) in [5.74, 6) is -0.576. The smallest absolute Gasteiger partial charge is 0.322 e. The average molecular weight is 235 g/mol. The minimum absolute atomic E-state index is 0.174. The molecule has 1 aromatic carbocycles. The van der Waals surface area contributed by atoms with E-state index in [-0.39, 0.29) is 11.3 Å². The number of urea groups is 1. The highest BCUT2D eigenvalue weighted by atomic mass is 16.6. The second-order valence-corrected chi connectivity index (χ2v) is 3.66. The van der Waals surface area contributed by atoms with Crippen LogP contribution >= 0.6 is 0 Å². The van der Waals surface area contributed by atoms with Gasteiger partial charge < -0.3 is 5.32 Å². The zero-order valence-corrected chi connectivity index (χ0v) is 8.89. The van der Waals surface area contributed by atoms with Gasteiger partial charge in [0.05, 0.1) is 10.5 Å². The van der Waals surface area contributed by atoms with E-state index >= 15 is 0 Å². The molecule has 1 aliphatic heterocycles. The molecule has 3 amide bonds. The third-order valence-corrected chi connectivity index (χ3v) is 2.56. The molecule has 2 rings (SSSR count). The number of nitrogens with zero attached hydrogens (tertiary/aromatic N) is 1. The van der Waals surface area contributed by atoms with Crippen LogP contribution in [-0.4, -0.2) is 16.9 Å². The average Bonchev–Trinajstić information content (AvgIpc) is 2.57. The summed E-state index contributed by atoms with van der Waals surface area (Å²) in [6.07, 6.45) is 0. The summed E-state index contributed by atoms with van der Waals surface area (Å²) in [6, 6.07) is 2.85. The third-order valence-electron chi connectivity index (χ3n) is 2.56. The van der Waals surface area contributed by atoms with Crippen LogP contribution in [0, 0.1) is 17.0 Å². The van der Waals surface area contributed by atoms with E-state index in [0.29, 0.717) is 5.56 Å². The van der Waals surface area contributed by atoms with E-state index in [2.05, 4.69) is 5.32 Å². The SMILES string of the molecule is Cc1cccc([N+](=O)[O-])c1C1NC(=O)NC1=O. The van der Waals surface area contributed by atoms with Gasteiger partial charge in [0.25, 0.3) is 11.6 Å². The first-order chi connectivity index (χ1) is 8.00. The van der Waals surface area contributed by atoms with Crippen LogP contribution in [0.3, 0.4) is 0 Å². The molecule has 7 heteroatoms. The van der Waals surface area contributed by atoms with E-state index in [1.807, 2.05) is 5.32 Å². The Morgan fingerprint density at radius 1 is 1.35 bits per heavy atom. The molecular formula is C10H9N3O4. The Labute approximate surface area is 96.0 Å². The summed E-state index contributed by atoms with van der Waals surface area (Å²) >= 11 is 0. The number of imide groups is 1. The van der Waals surface area contributed by atoms with Gasteiger partial charge in [-0.1, -0.05) is 12.1 Å². The largest absolute Gasteiger partial charge is 0.322 e. The summed E-state index contributed by atoms with van der Waals surface area (Å²) in [5.41, 5.74) is 0.634. The van der Waals surface area contributed by atoms with Crippen LogP contribution < -0.4 is 10.6 Å².